The normalized spacial score (nSPS) is 10.9. The van der Waals surface area contributed by atoms with Gasteiger partial charge in [-0.25, -0.2) is 4.98 Å². The number of carbonyl (C=O) groups is 1. The van der Waals surface area contributed by atoms with Crippen LogP contribution in [0.4, 0.5) is 11.5 Å². The Morgan fingerprint density at radius 2 is 2.16 bits per heavy atom. The monoisotopic (exact) mass is 267 g/mol. The maximum absolute atomic E-state index is 11.5. The van der Waals surface area contributed by atoms with E-state index in [0.29, 0.717) is 5.56 Å². The first-order valence-electron chi connectivity index (χ1n) is 5.76. The molecule has 1 heterocycles. The lowest BCUT2D eigenvalue weighted by Crippen LogP contribution is -2.28. The highest BCUT2D eigenvalue weighted by atomic mass is 16.6. The van der Waals surface area contributed by atoms with Gasteiger partial charge in [0.05, 0.1) is 4.92 Å². The lowest BCUT2D eigenvalue weighted by atomic mass is 10.2. The van der Waals surface area contributed by atoms with E-state index in [1.165, 1.54) is 12.3 Å². The molecule has 0 aliphatic rings. The number of nitrogens with one attached hydrogen (secondary N) is 1. The Balaban J connectivity index is 2.73. The molecule has 19 heavy (non-hydrogen) atoms. The number of hydrogen-bond acceptors (Lipinski definition) is 6. The Bertz CT molecular complexity index is 494. The smallest absolute Gasteiger partial charge is 0.325 e. The number of carbonyl (C=O) groups excluding carboxylic acids is 1. The minimum absolute atomic E-state index is 0.0569. The van der Waals surface area contributed by atoms with Gasteiger partial charge in [0.15, 0.2) is 0 Å². The Labute approximate surface area is 111 Å². The first kappa shape index (κ1) is 14.9. The van der Waals surface area contributed by atoms with Crippen molar-refractivity contribution < 1.29 is 14.5 Å². The van der Waals surface area contributed by atoms with Crippen LogP contribution in [0, 0.1) is 17.0 Å². The molecule has 1 aromatic rings. The maximum atomic E-state index is 11.5. The van der Waals surface area contributed by atoms with Crippen molar-refractivity contribution in [1.29, 1.82) is 0 Å². The number of ether oxygens (including phenoxy) is 1. The van der Waals surface area contributed by atoms with Gasteiger partial charge in [0.1, 0.15) is 12.1 Å². The number of rotatable bonds is 4. The zero-order valence-corrected chi connectivity index (χ0v) is 11.4. The van der Waals surface area contributed by atoms with Crippen LogP contribution in [-0.2, 0) is 9.53 Å². The van der Waals surface area contributed by atoms with Crippen LogP contribution in [0.15, 0.2) is 12.3 Å². The Morgan fingerprint density at radius 1 is 1.53 bits per heavy atom. The molecule has 1 N–H and O–H groups in total. The molecule has 0 aliphatic heterocycles. The molecule has 0 saturated carbocycles. The molecule has 0 radical (unpaired) electrons. The van der Waals surface area contributed by atoms with E-state index in [9.17, 15) is 14.9 Å². The standard InChI is InChI=1S/C12H17N3O4/c1-8-5-9(15(17)18)11(13-6-8)14-7-10(16)19-12(2,3)4/h5-6H,7H2,1-4H3,(H,13,14). The molecule has 0 unspecified atom stereocenters. The highest BCUT2D eigenvalue weighted by Crippen LogP contribution is 2.22. The third-order valence-electron chi connectivity index (χ3n) is 2.02. The number of nitro groups is 1. The van der Waals surface area contributed by atoms with Crippen molar-refractivity contribution in [1.82, 2.24) is 4.98 Å². The summed E-state index contributed by atoms with van der Waals surface area (Å²) in [6.07, 6.45) is 1.49. The molecule has 0 saturated heterocycles. The quantitative estimate of drug-likeness (QED) is 0.509. The van der Waals surface area contributed by atoms with Gasteiger partial charge >= 0.3 is 11.7 Å². The van der Waals surface area contributed by atoms with Gasteiger partial charge in [-0.1, -0.05) is 0 Å². The molecule has 1 rings (SSSR count). The summed E-state index contributed by atoms with van der Waals surface area (Å²) in [6.45, 7) is 6.78. The Kier molecular flexibility index (Phi) is 4.42. The van der Waals surface area contributed by atoms with Crippen molar-refractivity contribution in [3.05, 3.63) is 27.9 Å². The number of nitrogens with zero attached hydrogens (tertiary/aromatic N) is 2. The minimum atomic E-state index is -0.592. The molecule has 104 valence electrons. The molecular formula is C12H17N3O4. The second-order valence-electron chi connectivity index (χ2n) is 5.08. The summed E-state index contributed by atoms with van der Waals surface area (Å²) < 4.78 is 5.08. The fourth-order valence-electron chi connectivity index (χ4n) is 1.36. The third-order valence-corrected chi connectivity index (χ3v) is 2.02. The van der Waals surface area contributed by atoms with E-state index in [-0.39, 0.29) is 18.1 Å². The second kappa shape index (κ2) is 5.64. The number of aryl methyl sites for hydroxylation is 1. The summed E-state index contributed by atoms with van der Waals surface area (Å²) in [5.41, 5.74) is -0.0798. The molecule has 0 spiro atoms. The van der Waals surface area contributed by atoms with Crippen molar-refractivity contribution in [2.75, 3.05) is 11.9 Å². The van der Waals surface area contributed by atoms with Crippen molar-refractivity contribution in [2.45, 2.75) is 33.3 Å². The van der Waals surface area contributed by atoms with E-state index in [2.05, 4.69) is 10.3 Å². The third kappa shape index (κ3) is 4.90. The van der Waals surface area contributed by atoms with Gasteiger partial charge in [0.2, 0.25) is 5.82 Å². The molecule has 0 atom stereocenters. The molecule has 1 aromatic heterocycles. The van der Waals surface area contributed by atoms with E-state index >= 15 is 0 Å². The molecular weight excluding hydrogens is 250 g/mol. The van der Waals surface area contributed by atoms with Gasteiger partial charge in [-0.15, -0.1) is 0 Å². The van der Waals surface area contributed by atoms with E-state index in [1.54, 1.807) is 27.7 Å². The lowest BCUT2D eigenvalue weighted by Gasteiger charge is -2.19. The topological polar surface area (TPSA) is 94.4 Å². The zero-order valence-electron chi connectivity index (χ0n) is 11.4. The molecule has 7 nitrogen and oxygen atoms in total. The fourth-order valence-corrected chi connectivity index (χ4v) is 1.36. The molecule has 0 aromatic carbocycles. The average molecular weight is 267 g/mol. The van der Waals surface area contributed by atoms with Crippen molar-refractivity contribution >= 4 is 17.5 Å². The van der Waals surface area contributed by atoms with Gasteiger partial charge in [-0.3, -0.25) is 14.9 Å². The van der Waals surface area contributed by atoms with Crippen LogP contribution in [0.3, 0.4) is 0 Å². The van der Waals surface area contributed by atoms with Crippen molar-refractivity contribution in [2.24, 2.45) is 0 Å². The number of aromatic nitrogens is 1. The highest BCUT2D eigenvalue weighted by molar-refractivity contribution is 5.76. The van der Waals surface area contributed by atoms with Gasteiger partial charge in [-0.05, 0) is 33.3 Å². The number of pyridine rings is 1. The van der Waals surface area contributed by atoms with Crippen LogP contribution in [0.25, 0.3) is 0 Å². The first-order chi connectivity index (χ1) is 8.69. The number of esters is 1. The van der Waals surface area contributed by atoms with Crippen LogP contribution in [0.1, 0.15) is 26.3 Å². The molecule has 0 bridgehead atoms. The first-order valence-corrected chi connectivity index (χ1v) is 5.76. The van der Waals surface area contributed by atoms with E-state index in [4.69, 9.17) is 4.74 Å². The SMILES string of the molecule is Cc1cnc(NCC(=O)OC(C)(C)C)c([N+](=O)[O-])c1. The Morgan fingerprint density at radius 3 is 2.68 bits per heavy atom. The fraction of sp³-hybridized carbons (Fsp3) is 0.500. The van der Waals surface area contributed by atoms with Gasteiger partial charge in [0, 0.05) is 12.3 Å². The zero-order chi connectivity index (χ0) is 14.6. The summed E-state index contributed by atoms with van der Waals surface area (Å²) in [6, 6.07) is 1.39. The van der Waals surface area contributed by atoms with E-state index < -0.39 is 16.5 Å². The van der Waals surface area contributed by atoms with Crippen LogP contribution < -0.4 is 5.32 Å². The number of anilines is 1. The second-order valence-corrected chi connectivity index (χ2v) is 5.08. The predicted molar refractivity (Wildman–Crippen MR) is 70.0 cm³/mol. The molecule has 0 aliphatic carbocycles. The van der Waals surface area contributed by atoms with Crippen molar-refractivity contribution in [3.8, 4) is 0 Å². The summed E-state index contributed by atoms with van der Waals surface area (Å²) in [5.74, 6) is -0.439. The summed E-state index contributed by atoms with van der Waals surface area (Å²) >= 11 is 0. The van der Waals surface area contributed by atoms with Crippen LogP contribution in [0.2, 0.25) is 0 Å². The van der Waals surface area contributed by atoms with E-state index in [0.717, 1.165) is 0 Å². The maximum Gasteiger partial charge on any atom is 0.325 e. The summed E-state index contributed by atoms with van der Waals surface area (Å²) in [5, 5.41) is 13.5. The van der Waals surface area contributed by atoms with Crippen LogP contribution >= 0.6 is 0 Å². The number of hydrogen-bond donors (Lipinski definition) is 1. The van der Waals surface area contributed by atoms with Gasteiger partial charge < -0.3 is 10.1 Å². The molecule has 7 heteroatoms. The van der Waals surface area contributed by atoms with Gasteiger partial charge in [-0.2, -0.15) is 0 Å². The highest BCUT2D eigenvalue weighted by Gasteiger charge is 2.19. The van der Waals surface area contributed by atoms with Crippen molar-refractivity contribution in [3.63, 3.8) is 0 Å². The van der Waals surface area contributed by atoms with E-state index in [1.807, 2.05) is 0 Å². The average Bonchev–Trinajstić information content (AvgIpc) is 2.24. The largest absolute Gasteiger partial charge is 0.459 e. The molecule has 0 fully saturated rings. The minimum Gasteiger partial charge on any atom is -0.459 e. The van der Waals surface area contributed by atoms with Gasteiger partial charge in [0.25, 0.3) is 0 Å². The predicted octanol–water partition coefficient (Wildman–Crippen LogP) is 2.05. The molecule has 0 amide bonds. The Hall–Kier alpha value is -2.18. The summed E-state index contributed by atoms with van der Waals surface area (Å²) in [4.78, 5) is 25.7. The lowest BCUT2D eigenvalue weighted by molar-refractivity contribution is -0.384. The summed E-state index contributed by atoms with van der Waals surface area (Å²) in [7, 11) is 0. The van der Waals surface area contributed by atoms with Crippen LogP contribution in [-0.4, -0.2) is 28.0 Å². The van der Waals surface area contributed by atoms with Crippen LogP contribution in [0.5, 0.6) is 0 Å².